The lowest BCUT2D eigenvalue weighted by Gasteiger charge is -2.30. The number of rotatable bonds is 6. The lowest BCUT2D eigenvalue weighted by molar-refractivity contribution is -0.129. The number of nitrogens with one attached hydrogen (secondary N) is 1. The number of aromatic amines is 1. The Hall–Kier alpha value is -3.46. The zero-order valence-electron chi connectivity index (χ0n) is 20.0. The van der Waals surface area contributed by atoms with Crippen molar-refractivity contribution in [2.24, 2.45) is 5.92 Å². The Labute approximate surface area is 207 Å². The second kappa shape index (κ2) is 9.65. The number of piperidine rings is 1. The quantitative estimate of drug-likeness (QED) is 0.320. The molecule has 1 saturated heterocycles. The first-order valence-electron chi connectivity index (χ1n) is 11.7. The van der Waals surface area contributed by atoms with E-state index in [0.29, 0.717) is 39.3 Å². The third-order valence-corrected chi connectivity index (χ3v) is 7.50. The summed E-state index contributed by atoms with van der Waals surface area (Å²) in [6, 6.07) is 13.0. The van der Waals surface area contributed by atoms with Gasteiger partial charge in [-0.3, -0.25) is 14.2 Å². The van der Waals surface area contributed by atoms with Crippen LogP contribution in [0.2, 0.25) is 0 Å². The second-order valence-corrected chi connectivity index (χ2v) is 9.76. The largest absolute Gasteiger partial charge is 0.493 e. The summed E-state index contributed by atoms with van der Waals surface area (Å²) in [5.74, 6) is 1.99. The molecule has 35 heavy (non-hydrogen) atoms. The number of carbonyl (C=O) groups excluding carboxylic acids is 1. The summed E-state index contributed by atoms with van der Waals surface area (Å²) < 4.78 is 12.4. The topological polar surface area (TPSA) is 89.5 Å². The van der Waals surface area contributed by atoms with Gasteiger partial charge in [-0.05, 0) is 37.0 Å². The second-order valence-electron chi connectivity index (χ2n) is 8.82. The fourth-order valence-electron chi connectivity index (χ4n) is 4.51. The van der Waals surface area contributed by atoms with Crippen molar-refractivity contribution in [3.05, 3.63) is 52.8 Å². The Morgan fingerprint density at radius 2 is 1.86 bits per heavy atom. The number of thioether (sulfide) groups is 1. The van der Waals surface area contributed by atoms with Crippen molar-refractivity contribution in [1.82, 2.24) is 19.4 Å². The number of para-hydroxylation sites is 1. The summed E-state index contributed by atoms with van der Waals surface area (Å²) in [7, 11) is 3.12. The van der Waals surface area contributed by atoms with E-state index in [-0.39, 0.29) is 17.2 Å². The summed E-state index contributed by atoms with van der Waals surface area (Å²) in [4.78, 5) is 36.7. The molecule has 3 heterocycles. The summed E-state index contributed by atoms with van der Waals surface area (Å²) in [5.41, 5.74) is 2.21. The van der Waals surface area contributed by atoms with E-state index in [4.69, 9.17) is 14.5 Å². The van der Waals surface area contributed by atoms with Crippen LogP contribution in [-0.2, 0) is 4.79 Å². The Balaban J connectivity index is 1.59. The number of hydrogen-bond donors (Lipinski definition) is 1. The van der Waals surface area contributed by atoms with Crippen LogP contribution in [0.3, 0.4) is 0 Å². The Kier molecular flexibility index (Phi) is 6.42. The van der Waals surface area contributed by atoms with Crippen LogP contribution >= 0.6 is 11.8 Å². The van der Waals surface area contributed by atoms with Gasteiger partial charge in [0, 0.05) is 30.1 Å². The van der Waals surface area contributed by atoms with Gasteiger partial charge in [-0.25, -0.2) is 4.98 Å². The molecule has 182 valence electrons. The zero-order valence-corrected chi connectivity index (χ0v) is 20.9. The van der Waals surface area contributed by atoms with Gasteiger partial charge < -0.3 is 19.4 Å². The van der Waals surface area contributed by atoms with E-state index in [1.54, 1.807) is 32.4 Å². The summed E-state index contributed by atoms with van der Waals surface area (Å²) in [6.07, 6.45) is 2.04. The highest BCUT2D eigenvalue weighted by molar-refractivity contribution is 7.99. The van der Waals surface area contributed by atoms with E-state index >= 15 is 0 Å². The van der Waals surface area contributed by atoms with E-state index in [9.17, 15) is 9.59 Å². The number of fused-ring (bicyclic) bond motifs is 3. The molecule has 2 aromatic heterocycles. The molecule has 1 fully saturated rings. The molecule has 1 aliphatic heterocycles. The standard InChI is InChI=1S/C26H28N4O4S/c1-16-10-12-29(13-11-16)22(31)15-35-26-28-23-18-6-4-5-7-19(18)27-24(23)25(32)30(26)17-8-9-20(33-2)21(14-17)34-3/h4-9,14,16,27H,10-13,15H2,1-3H3. The molecule has 2 aromatic carbocycles. The fourth-order valence-corrected chi connectivity index (χ4v) is 5.41. The third kappa shape index (κ3) is 4.36. The van der Waals surface area contributed by atoms with Crippen LogP contribution in [0.15, 0.2) is 52.4 Å². The Bertz CT molecular complexity index is 1450. The van der Waals surface area contributed by atoms with Gasteiger partial charge in [0.25, 0.3) is 5.56 Å². The predicted octanol–water partition coefficient (Wildman–Crippen LogP) is 4.23. The number of likely N-dealkylation sites (tertiary alicyclic amines) is 1. The number of ether oxygens (including phenoxy) is 2. The lowest BCUT2D eigenvalue weighted by atomic mass is 9.99. The molecule has 0 spiro atoms. The van der Waals surface area contributed by atoms with Crippen molar-refractivity contribution in [2.75, 3.05) is 33.1 Å². The number of amides is 1. The molecule has 1 aliphatic rings. The molecule has 0 atom stereocenters. The number of hydrogen-bond acceptors (Lipinski definition) is 6. The van der Waals surface area contributed by atoms with Crippen molar-refractivity contribution < 1.29 is 14.3 Å². The Morgan fingerprint density at radius 3 is 2.60 bits per heavy atom. The molecule has 0 bridgehead atoms. The van der Waals surface area contributed by atoms with Crippen LogP contribution in [0.1, 0.15) is 19.8 Å². The molecule has 0 unspecified atom stereocenters. The Morgan fingerprint density at radius 1 is 1.11 bits per heavy atom. The van der Waals surface area contributed by atoms with Gasteiger partial charge in [-0.15, -0.1) is 0 Å². The van der Waals surface area contributed by atoms with Crippen molar-refractivity contribution in [2.45, 2.75) is 24.9 Å². The average molecular weight is 493 g/mol. The first-order valence-corrected chi connectivity index (χ1v) is 12.6. The molecule has 1 amide bonds. The van der Waals surface area contributed by atoms with Gasteiger partial charge in [0.05, 0.1) is 25.7 Å². The van der Waals surface area contributed by atoms with Crippen molar-refractivity contribution in [1.29, 1.82) is 0 Å². The molecule has 8 nitrogen and oxygen atoms in total. The van der Waals surface area contributed by atoms with E-state index in [1.165, 1.54) is 16.3 Å². The first-order chi connectivity index (χ1) is 17.0. The smallest absolute Gasteiger partial charge is 0.283 e. The van der Waals surface area contributed by atoms with E-state index in [0.717, 1.165) is 36.8 Å². The minimum absolute atomic E-state index is 0.0639. The van der Waals surface area contributed by atoms with E-state index in [2.05, 4.69) is 11.9 Å². The summed E-state index contributed by atoms with van der Waals surface area (Å²) >= 11 is 1.28. The van der Waals surface area contributed by atoms with E-state index in [1.807, 2.05) is 29.2 Å². The highest BCUT2D eigenvalue weighted by atomic mass is 32.2. The van der Waals surface area contributed by atoms with E-state index < -0.39 is 0 Å². The van der Waals surface area contributed by atoms with Crippen LogP contribution < -0.4 is 15.0 Å². The molecule has 1 N–H and O–H groups in total. The molecule has 5 rings (SSSR count). The molecule has 0 radical (unpaired) electrons. The minimum atomic E-state index is -0.236. The van der Waals surface area contributed by atoms with Crippen molar-refractivity contribution in [3.8, 4) is 17.2 Å². The number of nitrogens with zero attached hydrogens (tertiary/aromatic N) is 3. The van der Waals surface area contributed by atoms with Gasteiger partial charge in [0.2, 0.25) is 5.91 Å². The molecule has 0 saturated carbocycles. The number of carbonyl (C=O) groups is 1. The van der Waals surface area contributed by atoms with Crippen LogP contribution in [0.25, 0.3) is 27.6 Å². The van der Waals surface area contributed by atoms with Gasteiger partial charge >= 0.3 is 0 Å². The summed E-state index contributed by atoms with van der Waals surface area (Å²) in [6.45, 7) is 3.77. The predicted molar refractivity (Wildman–Crippen MR) is 138 cm³/mol. The van der Waals surface area contributed by atoms with Crippen LogP contribution in [-0.4, -0.2) is 58.4 Å². The lowest BCUT2D eigenvalue weighted by Crippen LogP contribution is -2.39. The van der Waals surface area contributed by atoms with Gasteiger partial charge in [0.1, 0.15) is 11.0 Å². The maximum absolute atomic E-state index is 13.8. The van der Waals surface area contributed by atoms with Crippen LogP contribution in [0, 0.1) is 5.92 Å². The average Bonchev–Trinajstić information content (AvgIpc) is 3.26. The van der Waals surface area contributed by atoms with Crippen molar-refractivity contribution >= 4 is 39.6 Å². The summed E-state index contributed by atoms with van der Waals surface area (Å²) in [5, 5.41) is 1.33. The maximum atomic E-state index is 13.8. The van der Waals surface area contributed by atoms with Gasteiger partial charge in [0.15, 0.2) is 16.7 Å². The highest BCUT2D eigenvalue weighted by Gasteiger charge is 2.23. The first kappa shape index (κ1) is 23.3. The molecule has 0 aliphatic carbocycles. The normalized spacial score (nSPS) is 14.5. The zero-order chi connectivity index (χ0) is 24.5. The number of aromatic nitrogens is 3. The number of methoxy groups -OCH3 is 2. The minimum Gasteiger partial charge on any atom is -0.493 e. The fraction of sp³-hybridized carbons (Fsp3) is 0.346. The molecular formula is C26H28N4O4S. The molecule has 4 aromatic rings. The third-order valence-electron chi connectivity index (χ3n) is 6.58. The maximum Gasteiger partial charge on any atom is 0.283 e. The number of H-pyrrole nitrogens is 1. The SMILES string of the molecule is COc1ccc(-n2c(SCC(=O)N3CCC(C)CC3)nc3c([nH]c4ccccc43)c2=O)cc1OC. The van der Waals surface area contributed by atoms with Crippen LogP contribution in [0.5, 0.6) is 11.5 Å². The molecule has 9 heteroatoms. The van der Waals surface area contributed by atoms with Crippen LogP contribution in [0.4, 0.5) is 0 Å². The highest BCUT2D eigenvalue weighted by Crippen LogP contribution is 2.32. The van der Waals surface area contributed by atoms with Gasteiger partial charge in [-0.1, -0.05) is 36.9 Å². The monoisotopic (exact) mass is 492 g/mol. The number of benzene rings is 2. The van der Waals surface area contributed by atoms with Gasteiger partial charge in [-0.2, -0.15) is 0 Å². The molecular weight excluding hydrogens is 464 g/mol. The van der Waals surface area contributed by atoms with Crippen molar-refractivity contribution in [3.63, 3.8) is 0 Å².